The van der Waals surface area contributed by atoms with Gasteiger partial charge in [-0.2, -0.15) is 0 Å². The molecule has 102 valence electrons. The fourth-order valence-corrected chi connectivity index (χ4v) is 1.65. The molecule has 0 aliphatic rings. The van der Waals surface area contributed by atoms with Crippen LogP contribution >= 0.6 is 0 Å². The van der Waals surface area contributed by atoms with Crippen LogP contribution in [0, 0.1) is 5.92 Å². The maximum Gasteiger partial charge on any atom is 0.158 e. The Morgan fingerprint density at radius 1 is 1.44 bits per heavy atom. The van der Waals surface area contributed by atoms with Crippen LogP contribution in [0.25, 0.3) is 0 Å². The van der Waals surface area contributed by atoms with Crippen LogP contribution in [-0.4, -0.2) is 30.2 Å². The lowest BCUT2D eigenvalue weighted by Crippen LogP contribution is -2.24. The lowest BCUT2D eigenvalue weighted by atomic mass is 10.2. The lowest BCUT2D eigenvalue weighted by molar-refractivity contribution is 0.128. The Kier molecular flexibility index (Phi) is 5.80. The van der Waals surface area contributed by atoms with Gasteiger partial charge >= 0.3 is 0 Å². The highest BCUT2D eigenvalue weighted by molar-refractivity contribution is 5.48. The van der Waals surface area contributed by atoms with Crippen molar-refractivity contribution < 1.29 is 4.74 Å². The molecule has 1 aromatic rings. The largest absolute Gasteiger partial charge is 0.374 e. The molecule has 6 heteroatoms. The number of nitrogens with one attached hydrogen (secondary N) is 1. The van der Waals surface area contributed by atoms with E-state index >= 15 is 0 Å². The monoisotopic (exact) mass is 253 g/mol. The Labute approximate surface area is 109 Å². The topological polar surface area (TPSA) is 76.3 Å². The number of hydrogen-bond donors (Lipinski definition) is 2. The zero-order valence-electron chi connectivity index (χ0n) is 11.6. The molecular formula is C12H23N5O. The zero-order valence-corrected chi connectivity index (χ0v) is 11.6. The second kappa shape index (κ2) is 7.13. The van der Waals surface area contributed by atoms with Crippen molar-refractivity contribution in [2.75, 3.05) is 30.5 Å². The van der Waals surface area contributed by atoms with E-state index in [0.717, 1.165) is 12.4 Å². The minimum atomic E-state index is 0.397. The summed E-state index contributed by atoms with van der Waals surface area (Å²) >= 11 is 0. The Hall–Kier alpha value is -1.40. The van der Waals surface area contributed by atoms with Crippen LogP contribution in [0.5, 0.6) is 0 Å². The average molecular weight is 253 g/mol. The summed E-state index contributed by atoms with van der Waals surface area (Å²) in [7, 11) is 2.01. The number of nitrogens with zero attached hydrogens (tertiary/aromatic N) is 3. The Morgan fingerprint density at radius 2 is 2.17 bits per heavy atom. The molecule has 1 heterocycles. The first-order valence-corrected chi connectivity index (χ1v) is 6.20. The highest BCUT2D eigenvalue weighted by Gasteiger charge is 2.09. The first kappa shape index (κ1) is 14.7. The predicted molar refractivity (Wildman–Crippen MR) is 73.3 cm³/mol. The van der Waals surface area contributed by atoms with E-state index in [1.54, 1.807) is 0 Å². The number of ether oxygens (including phenoxy) is 1. The van der Waals surface area contributed by atoms with Crippen LogP contribution in [0.3, 0.4) is 0 Å². The summed E-state index contributed by atoms with van der Waals surface area (Å²) in [5.74, 6) is 8.07. The van der Waals surface area contributed by atoms with Crippen LogP contribution in [0.1, 0.15) is 26.6 Å². The van der Waals surface area contributed by atoms with Crippen molar-refractivity contribution in [2.24, 2.45) is 11.8 Å². The number of nitrogens with two attached hydrogens (primary N) is 1. The SMILES string of the molecule is CCOCc1nc(NN)cc(N(C)CC(C)C)n1. The first-order chi connectivity index (χ1) is 8.56. The highest BCUT2D eigenvalue weighted by atomic mass is 16.5. The van der Waals surface area contributed by atoms with Gasteiger partial charge < -0.3 is 15.1 Å². The van der Waals surface area contributed by atoms with Gasteiger partial charge in [0, 0.05) is 26.3 Å². The van der Waals surface area contributed by atoms with E-state index in [1.807, 2.05) is 20.0 Å². The molecule has 0 aliphatic carbocycles. The van der Waals surface area contributed by atoms with Crippen molar-refractivity contribution in [3.63, 3.8) is 0 Å². The molecule has 3 N–H and O–H groups in total. The van der Waals surface area contributed by atoms with E-state index in [9.17, 15) is 0 Å². The van der Waals surface area contributed by atoms with Crippen molar-refractivity contribution in [3.05, 3.63) is 11.9 Å². The van der Waals surface area contributed by atoms with Gasteiger partial charge in [0.15, 0.2) is 5.82 Å². The fraction of sp³-hybridized carbons (Fsp3) is 0.667. The minimum Gasteiger partial charge on any atom is -0.374 e. The number of rotatable bonds is 7. The molecule has 6 nitrogen and oxygen atoms in total. The fourth-order valence-electron chi connectivity index (χ4n) is 1.65. The van der Waals surface area contributed by atoms with Gasteiger partial charge in [0.25, 0.3) is 0 Å². The molecule has 0 radical (unpaired) electrons. The number of hydrogen-bond acceptors (Lipinski definition) is 6. The van der Waals surface area contributed by atoms with Gasteiger partial charge in [-0.1, -0.05) is 13.8 Å². The van der Waals surface area contributed by atoms with E-state index in [2.05, 4.69) is 34.1 Å². The number of nitrogen functional groups attached to an aromatic ring is 1. The van der Waals surface area contributed by atoms with Gasteiger partial charge in [0.2, 0.25) is 0 Å². The zero-order chi connectivity index (χ0) is 13.5. The molecule has 0 aliphatic heterocycles. The van der Waals surface area contributed by atoms with Gasteiger partial charge in [-0.05, 0) is 12.8 Å². The average Bonchev–Trinajstić information content (AvgIpc) is 2.35. The van der Waals surface area contributed by atoms with Crippen LogP contribution in [0.2, 0.25) is 0 Å². The molecule has 0 fully saturated rings. The lowest BCUT2D eigenvalue weighted by Gasteiger charge is -2.21. The quantitative estimate of drug-likeness (QED) is 0.565. The second-order valence-corrected chi connectivity index (χ2v) is 4.58. The van der Waals surface area contributed by atoms with E-state index in [0.29, 0.717) is 30.8 Å². The maximum absolute atomic E-state index is 5.42. The van der Waals surface area contributed by atoms with Gasteiger partial charge in [0.1, 0.15) is 18.2 Å². The van der Waals surface area contributed by atoms with Crippen molar-refractivity contribution in [1.29, 1.82) is 0 Å². The standard InChI is InChI=1S/C12H23N5O/c1-5-18-8-11-14-10(16-13)6-12(15-11)17(4)7-9(2)3/h6,9H,5,7-8,13H2,1-4H3,(H,14,15,16). The Balaban J connectivity index is 2.88. The van der Waals surface area contributed by atoms with Crippen LogP contribution in [0.15, 0.2) is 6.07 Å². The molecule has 0 amide bonds. The Morgan fingerprint density at radius 3 is 2.72 bits per heavy atom. The molecule has 1 rings (SSSR count). The third kappa shape index (κ3) is 4.46. The number of anilines is 2. The number of aromatic nitrogens is 2. The van der Waals surface area contributed by atoms with E-state index < -0.39 is 0 Å². The summed E-state index contributed by atoms with van der Waals surface area (Å²) in [5.41, 5.74) is 2.56. The van der Waals surface area contributed by atoms with Crippen LogP contribution in [0.4, 0.5) is 11.6 Å². The highest BCUT2D eigenvalue weighted by Crippen LogP contribution is 2.15. The summed E-state index contributed by atoms with van der Waals surface area (Å²) in [6, 6.07) is 1.83. The molecule has 0 saturated carbocycles. The van der Waals surface area contributed by atoms with Gasteiger partial charge in [-0.15, -0.1) is 0 Å². The van der Waals surface area contributed by atoms with Gasteiger partial charge in [0.05, 0.1) is 0 Å². The van der Waals surface area contributed by atoms with Gasteiger partial charge in [-0.3, -0.25) is 0 Å². The molecule has 0 atom stereocenters. The second-order valence-electron chi connectivity index (χ2n) is 4.58. The van der Waals surface area contributed by atoms with Gasteiger partial charge in [-0.25, -0.2) is 15.8 Å². The molecule has 18 heavy (non-hydrogen) atoms. The summed E-state index contributed by atoms with van der Waals surface area (Å²) < 4.78 is 5.32. The van der Waals surface area contributed by atoms with Crippen molar-refractivity contribution >= 4 is 11.6 Å². The normalized spacial score (nSPS) is 10.8. The summed E-state index contributed by atoms with van der Waals surface area (Å²) in [4.78, 5) is 10.8. The smallest absolute Gasteiger partial charge is 0.158 e. The third-order valence-electron chi connectivity index (χ3n) is 2.37. The summed E-state index contributed by atoms with van der Waals surface area (Å²) in [5, 5.41) is 0. The van der Waals surface area contributed by atoms with E-state index in [4.69, 9.17) is 10.6 Å². The van der Waals surface area contributed by atoms with Crippen LogP contribution in [-0.2, 0) is 11.3 Å². The molecule has 0 spiro atoms. The summed E-state index contributed by atoms with van der Waals surface area (Å²) in [6.07, 6.45) is 0. The van der Waals surface area contributed by atoms with Crippen LogP contribution < -0.4 is 16.2 Å². The summed E-state index contributed by atoms with van der Waals surface area (Å²) in [6.45, 7) is 8.24. The molecular weight excluding hydrogens is 230 g/mol. The molecule has 0 unspecified atom stereocenters. The molecule has 1 aromatic heterocycles. The van der Waals surface area contributed by atoms with E-state index in [-0.39, 0.29) is 0 Å². The predicted octanol–water partition coefficient (Wildman–Crippen LogP) is 1.39. The van der Waals surface area contributed by atoms with Crippen molar-refractivity contribution in [3.8, 4) is 0 Å². The third-order valence-corrected chi connectivity index (χ3v) is 2.37. The molecule has 0 bridgehead atoms. The van der Waals surface area contributed by atoms with Crippen molar-refractivity contribution in [2.45, 2.75) is 27.4 Å². The molecule has 0 aromatic carbocycles. The van der Waals surface area contributed by atoms with E-state index in [1.165, 1.54) is 0 Å². The first-order valence-electron chi connectivity index (χ1n) is 6.20. The maximum atomic E-state index is 5.42. The molecule has 0 saturated heterocycles. The minimum absolute atomic E-state index is 0.397. The Bertz CT molecular complexity index is 369. The number of hydrazine groups is 1. The van der Waals surface area contributed by atoms with Crippen molar-refractivity contribution in [1.82, 2.24) is 9.97 Å².